The van der Waals surface area contributed by atoms with E-state index < -0.39 is 17.3 Å². The van der Waals surface area contributed by atoms with E-state index in [9.17, 15) is 9.90 Å². The lowest BCUT2D eigenvalue weighted by Gasteiger charge is -2.34. The average Bonchev–Trinajstić information content (AvgIpc) is 2.52. The Bertz CT molecular complexity index is 967. The second kappa shape index (κ2) is 5.88. The van der Waals surface area contributed by atoms with Crippen molar-refractivity contribution in [2.24, 2.45) is 0 Å². The fourth-order valence-electron chi connectivity index (χ4n) is 3.88. The van der Waals surface area contributed by atoms with E-state index in [0.29, 0.717) is 29.1 Å². The lowest BCUT2D eigenvalue weighted by Crippen LogP contribution is -2.30. The molecule has 0 spiro atoms. The third-order valence-corrected chi connectivity index (χ3v) is 4.99. The molecule has 0 aliphatic carbocycles. The van der Waals surface area contributed by atoms with Crippen LogP contribution in [0.4, 0.5) is 0 Å². The maximum atomic E-state index is 12.2. The van der Waals surface area contributed by atoms with Crippen LogP contribution in [0.1, 0.15) is 63.3 Å². The molecule has 3 heterocycles. The van der Waals surface area contributed by atoms with Crippen molar-refractivity contribution in [1.29, 1.82) is 0 Å². The maximum absolute atomic E-state index is 12.2. The van der Waals surface area contributed by atoms with Gasteiger partial charge in [0.05, 0.1) is 28.7 Å². The zero-order chi connectivity index (χ0) is 18.6. The number of aryl methyl sites for hydroxylation is 1. The van der Waals surface area contributed by atoms with Gasteiger partial charge in [-0.1, -0.05) is 13.3 Å². The molecule has 0 unspecified atom stereocenters. The third kappa shape index (κ3) is 2.62. The van der Waals surface area contributed by atoms with Gasteiger partial charge in [-0.3, -0.25) is 0 Å². The highest BCUT2D eigenvalue weighted by atomic mass is 16.5. The Morgan fingerprint density at radius 1 is 1.31 bits per heavy atom. The van der Waals surface area contributed by atoms with Gasteiger partial charge in [0.15, 0.2) is 5.58 Å². The molecule has 2 atom stereocenters. The molecule has 1 aromatic heterocycles. The lowest BCUT2D eigenvalue weighted by atomic mass is 9.89. The number of rotatable bonds is 2. The highest BCUT2D eigenvalue weighted by Gasteiger charge is 2.36. The van der Waals surface area contributed by atoms with E-state index in [2.05, 4.69) is 6.92 Å². The number of hydrogen-bond donors (Lipinski definition) is 1. The van der Waals surface area contributed by atoms with E-state index >= 15 is 0 Å². The van der Waals surface area contributed by atoms with Crippen molar-refractivity contribution >= 4 is 17.0 Å². The largest absolute Gasteiger partial charge is 0.489 e. The number of fused-ring (bicyclic) bond motifs is 6. The Kier molecular flexibility index (Phi) is 3.88. The SMILES string of the molecule is CCCc1cc(=O)oc2c3c(c4c(c12)OC(C)(C)C=C4)O[C@@H](C)C[C@@H]3O. The molecule has 2 aliphatic rings. The number of benzene rings is 1. The van der Waals surface area contributed by atoms with Gasteiger partial charge < -0.3 is 19.0 Å². The van der Waals surface area contributed by atoms with Crippen LogP contribution in [0, 0.1) is 0 Å². The van der Waals surface area contributed by atoms with Crippen molar-refractivity contribution in [2.45, 2.75) is 64.8 Å². The van der Waals surface area contributed by atoms with Crippen molar-refractivity contribution < 1.29 is 19.0 Å². The molecule has 5 heteroatoms. The fourth-order valence-corrected chi connectivity index (χ4v) is 3.88. The highest BCUT2D eigenvalue weighted by molar-refractivity contribution is 5.97. The Labute approximate surface area is 152 Å². The van der Waals surface area contributed by atoms with Crippen molar-refractivity contribution in [3.05, 3.63) is 39.3 Å². The molecular weight excluding hydrogens is 332 g/mol. The van der Waals surface area contributed by atoms with E-state index in [1.807, 2.05) is 32.9 Å². The molecule has 0 bridgehead atoms. The summed E-state index contributed by atoms with van der Waals surface area (Å²) in [4.78, 5) is 12.2. The minimum absolute atomic E-state index is 0.132. The van der Waals surface area contributed by atoms with Crippen LogP contribution in [0.5, 0.6) is 11.5 Å². The molecule has 4 rings (SSSR count). The van der Waals surface area contributed by atoms with Crippen molar-refractivity contribution in [2.75, 3.05) is 0 Å². The Balaban J connectivity index is 2.16. The van der Waals surface area contributed by atoms with Gasteiger partial charge in [-0.15, -0.1) is 0 Å². The van der Waals surface area contributed by atoms with Crippen molar-refractivity contribution in [3.63, 3.8) is 0 Å². The molecule has 0 fully saturated rings. The van der Waals surface area contributed by atoms with Gasteiger partial charge in [0, 0.05) is 12.5 Å². The zero-order valence-corrected chi connectivity index (χ0v) is 15.6. The molecule has 2 aromatic rings. The van der Waals surface area contributed by atoms with Crippen LogP contribution in [0.25, 0.3) is 17.0 Å². The van der Waals surface area contributed by atoms with Crippen LogP contribution >= 0.6 is 0 Å². The minimum atomic E-state index is -0.745. The topological polar surface area (TPSA) is 68.9 Å². The summed E-state index contributed by atoms with van der Waals surface area (Å²) in [6.45, 7) is 7.95. The number of ether oxygens (including phenoxy) is 2. The van der Waals surface area contributed by atoms with Crippen LogP contribution in [0.15, 0.2) is 21.4 Å². The Morgan fingerprint density at radius 3 is 2.81 bits per heavy atom. The van der Waals surface area contributed by atoms with Crippen LogP contribution in [0.3, 0.4) is 0 Å². The summed E-state index contributed by atoms with van der Waals surface area (Å²) in [5, 5.41) is 11.5. The Hall–Kier alpha value is -2.27. The molecule has 138 valence electrons. The number of aliphatic hydroxyl groups is 1. The summed E-state index contributed by atoms with van der Waals surface area (Å²) in [5.74, 6) is 1.22. The monoisotopic (exact) mass is 356 g/mol. The van der Waals surface area contributed by atoms with Gasteiger partial charge >= 0.3 is 5.63 Å². The summed E-state index contributed by atoms with van der Waals surface area (Å²) in [5.41, 5.74) is 1.74. The molecule has 26 heavy (non-hydrogen) atoms. The number of aliphatic hydroxyl groups excluding tert-OH is 1. The van der Waals surface area contributed by atoms with E-state index in [1.165, 1.54) is 6.07 Å². The maximum Gasteiger partial charge on any atom is 0.336 e. The first kappa shape index (κ1) is 17.2. The first-order valence-electron chi connectivity index (χ1n) is 9.20. The second-order valence-electron chi connectivity index (χ2n) is 7.75. The molecule has 1 N–H and O–H groups in total. The fraction of sp³-hybridized carbons (Fsp3) is 0.476. The normalized spacial score (nSPS) is 23.1. The molecule has 0 radical (unpaired) electrons. The molecule has 2 aliphatic heterocycles. The average molecular weight is 356 g/mol. The van der Waals surface area contributed by atoms with Gasteiger partial charge in [-0.05, 0) is 44.9 Å². The minimum Gasteiger partial charge on any atom is -0.489 e. The van der Waals surface area contributed by atoms with Crippen LogP contribution in [0.2, 0.25) is 0 Å². The third-order valence-electron chi connectivity index (χ3n) is 4.99. The quantitative estimate of drug-likeness (QED) is 0.819. The summed E-state index contributed by atoms with van der Waals surface area (Å²) in [6.07, 6.45) is 5.17. The number of hydrogen-bond acceptors (Lipinski definition) is 5. The standard InChI is InChI=1S/C21H24O5/c1-5-6-12-10-15(23)25-20-16(12)19-13(7-8-21(3,4)26-19)18-17(20)14(22)9-11(2)24-18/h7-8,10-11,14,22H,5-6,9H2,1-4H3/t11-,14-/m0/s1. The first-order valence-corrected chi connectivity index (χ1v) is 9.20. The highest BCUT2D eigenvalue weighted by Crippen LogP contribution is 2.51. The predicted octanol–water partition coefficient (Wildman–Crippen LogP) is 4.13. The van der Waals surface area contributed by atoms with Crippen LogP contribution in [-0.2, 0) is 6.42 Å². The summed E-state index contributed by atoms with van der Waals surface area (Å²) in [6, 6.07) is 1.53. The molecule has 0 amide bonds. The molecule has 1 aromatic carbocycles. The van der Waals surface area contributed by atoms with Gasteiger partial charge in [0.25, 0.3) is 0 Å². The van der Waals surface area contributed by atoms with Gasteiger partial charge in [0.2, 0.25) is 0 Å². The van der Waals surface area contributed by atoms with E-state index in [-0.39, 0.29) is 6.10 Å². The van der Waals surface area contributed by atoms with Gasteiger partial charge in [-0.2, -0.15) is 0 Å². The lowest BCUT2D eigenvalue weighted by molar-refractivity contribution is 0.0741. The predicted molar refractivity (Wildman–Crippen MR) is 99.9 cm³/mol. The summed E-state index contributed by atoms with van der Waals surface area (Å²) in [7, 11) is 0. The second-order valence-corrected chi connectivity index (χ2v) is 7.75. The molecule has 5 nitrogen and oxygen atoms in total. The molecular formula is C21H24O5. The van der Waals surface area contributed by atoms with E-state index in [4.69, 9.17) is 13.9 Å². The smallest absolute Gasteiger partial charge is 0.336 e. The van der Waals surface area contributed by atoms with E-state index in [1.54, 1.807) is 0 Å². The zero-order valence-electron chi connectivity index (χ0n) is 15.6. The van der Waals surface area contributed by atoms with Crippen molar-refractivity contribution in [1.82, 2.24) is 0 Å². The summed E-state index contributed by atoms with van der Waals surface area (Å²) >= 11 is 0. The first-order chi connectivity index (χ1) is 12.3. The Morgan fingerprint density at radius 2 is 2.08 bits per heavy atom. The van der Waals surface area contributed by atoms with Crippen LogP contribution in [-0.4, -0.2) is 16.8 Å². The van der Waals surface area contributed by atoms with E-state index in [0.717, 1.165) is 29.4 Å². The van der Waals surface area contributed by atoms with Gasteiger partial charge in [0.1, 0.15) is 17.1 Å². The van der Waals surface area contributed by atoms with Gasteiger partial charge in [-0.25, -0.2) is 4.79 Å². The summed E-state index contributed by atoms with van der Waals surface area (Å²) < 4.78 is 17.9. The molecule has 0 saturated carbocycles. The molecule has 0 saturated heterocycles. The van der Waals surface area contributed by atoms with Crippen molar-refractivity contribution in [3.8, 4) is 11.5 Å². The van der Waals surface area contributed by atoms with Crippen LogP contribution < -0.4 is 15.1 Å².